The first-order valence-corrected chi connectivity index (χ1v) is 3.67. The molecule has 0 unspecified atom stereocenters. The fourth-order valence-electron chi connectivity index (χ4n) is 0.803. The molecule has 0 radical (unpaired) electrons. The SMILES string of the molecule is C=CCOc1ncnc(N)c1OC. The third-order valence-electron chi connectivity index (χ3n) is 1.34. The molecule has 0 aromatic carbocycles. The van der Waals surface area contributed by atoms with Crippen molar-refractivity contribution < 1.29 is 9.47 Å². The van der Waals surface area contributed by atoms with E-state index in [4.69, 9.17) is 15.2 Å². The normalized spacial score (nSPS) is 9.31. The van der Waals surface area contributed by atoms with Crippen molar-refractivity contribution >= 4 is 5.82 Å². The van der Waals surface area contributed by atoms with E-state index in [2.05, 4.69) is 16.5 Å². The maximum atomic E-state index is 5.52. The van der Waals surface area contributed by atoms with Gasteiger partial charge in [0.15, 0.2) is 5.82 Å². The fourth-order valence-corrected chi connectivity index (χ4v) is 0.803. The molecule has 5 nitrogen and oxygen atoms in total. The molecule has 0 spiro atoms. The molecule has 1 aromatic rings. The number of nitrogens with zero attached hydrogens (tertiary/aromatic N) is 2. The van der Waals surface area contributed by atoms with Gasteiger partial charge in [-0.2, -0.15) is 4.98 Å². The predicted octanol–water partition coefficient (Wildman–Crippen LogP) is 0.632. The van der Waals surface area contributed by atoms with Crippen LogP contribution in [0.1, 0.15) is 0 Å². The van der Waals surface area contributed by atoms with Crippen molar-refractivity contribution in [2.24, 2.45) is 0 Å². The van der Waals surface area contributed by atoms with Gasteiger partial charge in [0.05, 0.1) is 7.11 Å². The van der Waals surface area contributed by atoms with Crippen LogP contribution in [0.15, 0.2) is 19.0 Å². The second-order valence-electron chi connectivity index (χ2n) is 2.20. The zero-order valence-corrected chi connectivity index (χ0v) is 7.36. The molecule has 1 heterocycles. The Labute approximate surface area is 76.2 Å². The molecule has 0 aliphatic heterocycles. The lowest BCUT2D eigenvalue weighted by molar-refractivity contribution is 0.313. The minimum absolute atomic E-state index is 0.261. The topological polar surface area (TPSA) is 70.3 Å². The van der Waals surface area contributed by atoms with Gasteiger partial charge >= 0.3 is 0 Å². The van der Waals surface area contributed by atoms with E-state index in [1.807, 2.05) is 0 Å². The number of nitrogen functional groups attached to an aromatic ring is 1. The summed E-state index contributed by atoms with van der Waals surface area (Å²) < 4.78 is 10.1. The summed E-state index contributed by atoms with van der Waals surface area (Å²) in [6.45, 7) is 3.87. The lowest BCUT2D eigenvalue weighted by atomic mass is 10.5. The summed E-state index contributed by atoms with van der Waals surface area (Å²) in [5, 5.41) is 0. The highest BCUT2D eigenvalue weighted by Crippen LogP contribution is 2.28. The predicted molar refractivity (Wildman–Crippen MR) is 48.7 cm³/mol. The number of rotatable bonds is 4. The average Bonchev–Trinajstić information content (AvgIpc) is 2.15. The second-order valence-corrected chi connectivity index (χ2v) is 2.20. The Morgan fingerprint density at radius 1 is 1.62 bits per heavy atom. The van der Waals surface area contributed by atoms with E-state index in [1.54, 1.807) is 6.08 Å². The standard InChI is InChI=1S/C8H11N3O2/c1-3-4-13-8-6(12-2)7(9)10-5-11-8/h3,5H,1,4H2,2H3,(H2,9,10,11). The van der Waals surface area contributed by atoms with Gasteiger partial charge in [0, 0.05) is 0 Å². The maximum Gasteiger partial charge on any atom is 0.262 e. The maximum absolute atomic E-state index is 5.52. The molecule has 0 fully saturated rings. The van der Waals surface area contributed by atoms with E-state index in [9.17, 15) is 0 Å². The molecule has 5 heteroatoms. The first-order chi connectivity index (χ1) is 6.29. The molecule has 0 saturated heterocycles. The third-order valence-corrected chi connectivity index (χ3v) is 1.34. The number of ether oxygens (including phenoxy) is 2. The zero-order chi connectivity index (χ0) is 9.68. The van der Waals surface area contributed by atoms with Crippen LogP contribution in [-0.2, 0) is 0 Å². The number of nitrogens with two attached hydrogens (primary N) is 1. The average molecular weight is 181 g/mol. The fraction of sp³-hybridized carbons (Fsp3) is 0.250. The molecule has 0 aliphatic rings. The summed E-state index contributed by atoms with van der Waals surface area (Å²) in [5.74, 6) is 0.941. The Kier molecular flexibility index (Phi) is 3.08. The molecular formula is C8H11N3O2. The van der Waals surface area contributed by atoms with Crippen LogP contribution < -0.4 is 15.2 Å². The summed E-state index contributed by atoms with van der Waals surface area (Å²) in [7, 11) is 1.48. The Bertz CT molecular complexity index is 301. The summed E-state index contributed by atoms with van der Waals surface area (Å²) in [5.41, 5.74) is 5.52. The quantitative estimate of drug-likeness (QED) is 0.690. The highest BCUT2D eigenvalue weighted by atomic mass is 16.5. The lowest BCUT2D eigenvalue weighted by Crippen LogP contribution is -2.02. The Hall–Kier alpha value is -1.78. The second kappa shape index (κ2) is 4.30. The Balaban J connectivity index is 2.91. The van der Waals surface area contributed by atoms with Crippen molar-refractivity contribution in [3.63, 3.8) is 0 Å². The molecular weight excluding hydrogens is 170 g/mol. The first-order valence-electron chi connectivity index (χ1n) is 3.67. The number of hydrogen-bond acceptors (Lipinski definition) is 5. The molecule has 0 aliphatic carbocycles. The van der Waals surface area contributed by atoms with Gasteiger partial charge < -0.3 is 15.2 Å². The molecule has 1 aromatic heterocycles. The van der Waals surface area contributed by atoms with Crippen LogP contribution in [0.5, 0.6) is 11.6 Å². The molecule has 0 atom stereocenters. The van der Waals surface area contributed by atoms with Crippen molar-refractivity contribution in [2.75, 3.05) is 19.5 Å². The lowest BCUT2D eigenvalue weighted by Gasteiger charge is -2.08. The monoisotopic (exact) mass is 181 g/mol. The van der Waals surface area contributed by atoms with Crippen LogP contribution in [0.3, 0.4) is 0 Å². The highest BCUT2D eigenvalue weighted by Gasteiger charge is 2.09. The van der Waals surface area contributed by atoms with E-state index in [-0.39, 0.29) is 5.82 Å². The van der Waals surface area contributed by atoms with Crippen molar-refractivity contribution in [1.82, 2.24) is 9.97 Å². The molecule has 0 amide bonds. The molecule has 2 N–H and O–H groups in total. The van der Waals surface area contributed by atoms with Gasteiger partial charge in [0.2, 0.25) is 5.75 Å². The highest BCUT2D eigenvalue weighted by molar-refractivity contribution is 5.51. The number of methoxy groups -OCH3 is 1. The van der Waals surface area contributed by atoms with E-state index < -0.39 is 0 Å². The first kappa shape index (κ1) is 9.31. The van der Waals surface area contributed by atoms with E-state index in [1.165, 1.54) is 13.4 Å². The van der Waals surface area contributed by atoms with Crippen molar-refractivity contribution in [2.45, 2.75) is 0 Å². The van der Waals surface area contributed by atoms with E-state index in [0.717, 1.165) is 0 Å². The van der Waals surface area contributed by atoms with Crippen molar-refractivity contribution in [3.05, 3.63) is 19.0 Å². The number of anilines is 1. The van der Waals surface area contributed by atoms with Crippen molar-refractivity contribution in [1.29, 1.82) is 0 Å². The van der Waals surface area contributed by atoms with Gasteiger partial charge in [-0.3, -0.25) is 0 Å². The number of hydrogen-bond donors (Lipinski definition) is 1. The molecule has 0 saturated carbocycles. The summed E-state index contributed by atoms with van der Waals surface area (Å²) in [6.07, 6.45) is 2.92. The Morgan fingerprint density at radius 3 is 3.00 bits per heavy atom. The van der Waals surface area contributed by atoms with Gasteiger partial charge in [-0.15, -0.1) is 0 Å². The summed E-state index contributed by atoms with van der Waals surface area (Å²) >= 11 is 0. The van der Waals surface area contributed by atoms with Gasteiger partial charge in [-0.25, -0.2) is 4.98 Å². The van der Waals surface area contributed by atoms with E-state index in [0.29, 0.717) is 18.2 Å². The van der Waals surface area contributed by atoms with Gasteiger partial charge in [-0.1, -0.05) is 12.7 Å². The van der Waals surface area contributed by atoms with Crippen LogP contribution in [0.2, 0.25) is 0 Å². The molecule has 0 bridgehead atoms. The molecule has 70 valence electrons. The summed E-state index contributed by atoms with van der Waals surface area (Å²) in [4.78, 5) is 7.62. The van der Waals surface area contributed by atoms with Crippen LogP contribution in [0, 0.1) is 0 Å². The summed E-state index contributed by atoms with van der Waals surface area (Å²) in [6, 6.07) is 0. The van der Waals surface area contributed by atoms with Gasteiger partial charge in [-0.05, 0) is 0 Å². The van der Waals surface area contributed by atoms with Crippen LogP contribution in [0.4, 0.5) is 5.82 Å². The van der Waals surface area contributed by atoms with Gasteiger partial charge in [0.25, 0.3) is 5.88 Å². The zero-order valence-electron chi connectivity index (χ0n) is 7.36. The molecule has 13 heavy (non-hydrogen) atoms. The largest absolute Gasteiger partial charge is 0.489 e. The minimum atomic E-state index is 0.261. The van der Waals surface area contributed by atoms with Crippen LogP contribution in [0.25, 0.3) is 0 Å². The van der Waals surface area contributed by atoms with Crippen molar-refractivity contribution in [3.8, 4) is 11.6 Å². The van der Waals surface area contributed by atoms with E-state index >= 15 is 0 Å². The van der Waals surface area contributed by atoms with Crippen LogP contribution >= 0.6 is 0 Å². The number of aromatic nitrogens is 2. The third kappa shape index (κ3) is 2.08. The Morgan fingerprint density at radius 2 is 2.38 bits per heavy atom. The van der Waals surface area contributed by atoms with Gasteiger partial charge in [0.1, 0.15) is 12.9 Å². The van der Waals surface area contributed by atoms with Crippen LogP contribution in [-0.4, -0.2) is 23.7 Å². The smallest absolute Gasteiger partial charge is 0.262 e. The minimum Gasteiger partial charge on any atom is -0.489 e. The molecule has 1 rings (SSSR count).